The van der Waals surface area contributed by atoms with Crippen LogP contribution in [-0.2, 0) is 9.53 Å². The van der Waals surface area contributed by atoms with Gasteiger partial charge in [0.05, 0.1) is 0 Å². The summed E-state index contributed by atoms with van der Waals surface area (Å²) in [5.74, 6) is 4.98. The topological polar surface area (TPSA) is 26.3 Å². The van der Waals surface area contributed by atoms with E-state index in [1.54, 1.807) is 6.92 Å². The van der Waals surface area contributed by atoms with E-state index in [1.165, 1.54) is 51.4 Å². The number of esters is 1. The molecule has 0 bridgehead atoms. The standard InChI is InChI=1S/C29H48Br2O2/c1-18(2)8-7-9-19(3)23-10-11-24-22-16-26(30)29(31)17-21(33-20(4)32)12-15-28(29,6)25(22)13-14-27(23,24)5/h18-19,21-26H,7-17H2,1-6H3/t19-,21+,22+,23-,24+,25+,26-,27-,28-,29+/m1/s1. The Morgan fingerprint density at radius 2 is 1.76 bits per heavy atom. The molecule has 4 aliphatic rings. The van der Waals surface area contributed by atoms with Crippen molar-refractivity contribution >= 4 is 37.8 Å². The quantitative estimate of drug-likeness (QED) is 0.229. The van der Waals surface area contributed by atoms with E-state index in [-0.39, 0.29) is 21.8 Å². The van der Waals surface area contributed by atoms with Crippen molar-refractivity contribution in [1.82, 2.24) is 0 Å². The molecule has 0 N–H and O–H groups in total. The molecule has 0 spiro atoms. The molecule has 2 nitrogen and oxygen atoms in total. The Bertz CT molecular complexity index is 724. The van der Waals surface area contributed by atoms with E-state index in [9.17, 15) is 4.79 Å². The number of halogens is 2. The molecular formula is C29H48Br2O2. The number of alkyl halides is 2. The van der Waals surface area contributed by atoms with Crippen molar-refractivity contribution in [2.75, 3.05) is 0 Å². The maximum absolute atomic E-state index is 11.7. The highest BCUT2D eigenvalue weighted by Gasteiger charge is 2.67. The highest BCUT2D eigenvalue weighted by atomic mass is 79.9. The van der Waals surface area contributed by atoms with Crippen LogP contribution in [0, 0.1) is 46.3 Å². The van der Waals surface area contributed by atoms with E-state index in [2.05, 4.69) is 66.5 Å². The van der Waals surface area contributed by atoms with E-state index in [4.69, 9.17) is 4.74 Å². The van der Waals surface area contributed by atoms with Gasteiger partial charge in [-0.3, -0.25) is 4.79 Å². The maximum Gasteiger partial charge on any atom is 0.302 e. The first kappa shape index (κ1) is 26.5. The molecule has 190 valence electrons. The monoisotopic (exact) mass is 586 g/mol. The SMILES string of the molecule is CC(=O)O[C@H]1CC[C@]2(C)[C@H]3CC[C@]4(C)[C@@H]([C@H](C)CCCC(C)C)CC[C@H]4[C@@H]3C[C@@H](Br)[C@@]2(Br)C1. The first-order chi connectivity index (χ1) is 15.4. The zero-order valence-electron chi connectivity index (χ0n) is 22.0. The molecule has 0 unspecified atom stereocenters. The van der Waals surface area contributed by atoms with Gasteiger partial charge in [-0.15, -0.1) is 0 Å². The van der Waals surface area contributed by atoms with Crippen LogP contribution in [-0.4, -0.2) is 21.2 Å². The number of carbonyl (C=O) groups excluding carboxylic acids is 1. The minimum Gasteiger partial charge on any atom is -0.463 e. The van der Waals surface area contributed by atoms with Gasteiger partial charge in [-0.2, -0.15) is 0 Å². The predicted molar refractivity (Wildman–Crippen MR) is 145 cm³/mol. The van der Waals surface area contributed by atoms with E-state index in [0.29, 0.717) is 10.2 Å². The summed E-state index contributed by atoms with van der Waals surface area (Å²) in [4.78, 5) is 12.1. The van der Waals surface area contributed by atoms with Crippen molar-refractivity contribution in [3.05, 3.63) is 0 Å². The summed E-state index contributed by atoms with van der Waals surface area (Å²) in [7, 11) is 0. The Balaban J connectivity index is 1.51. The molecular weight excluding hydrogens is 540 g/mol. The number of ether oxygens (including phenoxy) is 1. The van der Waals surface area contributed by atoms with Crippen molar-refractivity contribution in [3.8, 4) is 0 Å². The second kappa shape index (κ2) is 9.71. The molecule has 10 atom stereocenters. The Hall–Kier alpha value is 0.430. The smallest absolute Gasteiger partial charge is 0.302 e. The molecule has 0 heterocycles. The molecule has 4 heteroatoms. The van der Waals surface area contributed by atoms with Crippen LogP contribution >= 0.6 is 31.9 Å². The minimum atomic E-state index is -0.132. The van der Waals surface area contributed by atoms with Gasteiger partial charge in [0.2, 0.25) is 0 Å². The maximum atomic E-state index is 11.7. The summed E-state index contributed by atoms with van der Waals surface area (Å²) in [6.45, 7) is 14.1. The van der Waals surface area contributed by atoms with Gasteiger partial charge >= 0.3 is 5.97 Å². The van der Waals surface area contributed by atoms with Crippen LogP contribution in [0.2, 0.25) is 0 Å². The highest BCUT2D eigenvalue weighted by Crippen LogP contribution is 2.71. The Labute approximate surface area is 220 Å². The lowest BCUT2D eigenvalue weighted by Crippen LogP contribution is -2.64. The first-order valence-electron chi connectivity index (χ1n) is 13.9. The fourth-order valence-corrected chi connectivity index (χ4v) is 11.7. The third kappa shape index (κ3) is 4.53. The summed E-state index contributed by atoms with van der Waals surface area (Å²) in [5.41, 5.74) is 0.797. The molecule has 0 aromatic carbocycles. The number of hydrogen-bond donors (Lipinski definition) is 0. The Morgan fingerprint density at radius 1 is 1.03 bits per heavy atom. The largest absolute Gasteiger partial charge is 0.463 e. The van der Waals surface area contributed by atoms with Gasteiger partial charge in [-0.25, -0.2) is 0 Å². The summed E-state index contributed by atoms with van der Waals surface area (Å²) >= 11 is 8.51. The van der Waals surface area contributed by atoms with Crippen LogP contribution in [0.15, 0.2) is 0 Å². The number of hydrogen-bond acceptors (Lipinski definition) is 2. The van der Waals surface area contributed by atoms with Gasteiger partial charge in [0, 0.05) is 22.5 Å². The van der Waals surface area contributed by atoms with Crippen LogP contribution in [0.3, 0.4) is 0 Å². The van der Waals surface area contributed by atoms with Gasteiger partial charge < -0.3 is 4.74 Å². The molecule has 33 heavy (non-hydrogen) atoms. The van der Waals surface area contributed by atoms with Crippen molar-refractivity contribution in [2.45, 2.75) is 127 Å². The summed E-state index contributed by atoms with van der Waals surface area (Å²) in [5, 5.41) is 0. The third-order valence-electron chi connectivity index (χ3n) is 11.2. The zero-order chi connectivity index (χ0) is 24.2. The van der Waals surface area contributed by atoms with E-state index in [0.717, 1.165) is 54.8 Å². The van der Waals surface area contributed by atoms with Crippen LogP contribution in [0.5, 0.6) is 0 Å². The Kier molecular flexibility index (Phi) is 7.80. The van der Waals surface area contributed by atoms with Crippen molar-refractivity contribution in [1.29, 1.82) is 0 Å². The van der Waals surface area contributed by atoms with Crippen LogP contribution in [0.1, 0.15) is 112 Å². The van der Waals surface area contributed by atoms with E-state index < -0.39 is 0 Å². The lowest BCUT2D eigenvalue weighted by Gasteiger charge is -2.66. The molecule has 4 saturated carbocycles. The second-order valence-electron chi connectivity index (χ2n) is 13.4. The average Bonchev–Trinajstić information content (AvgIpc) is 3.07. The summed E-state index contributed by atoms with van der Waals surface area (Å²) in [6.07, 6.45) is 14.3. The van der Waals surface area contributed by atoms with Crippen molar-refractivity contribution < 1.29 is 9.53 Å². The number of carbonyl (C=O) groups is 1. The first-order valence-corrected chi connectivity index (χ1v) is 15.6. The fourth-order valence-electron chi connectivity index (χ4n) is 9.51. The molecule has 4 rings (SSSR count). The molecule has 0 aromatic heterocycles. The average molecular weight is 589 g/mol. The fraction of sp³-hybridized carbons (Fsp3) is 0.966. The molecule has 0 radical (unpaired) electrons. The van der Waals surface area contributed by atoms with Gasteiger partial charge in [-0.1, -0.05) is 85.7 Å². The Morgan fingerprint density at radius 3 is 2.42 bits per heavy atom. The van der Waals surface area contributed by atoms with E-state index >= 15 is 0 Å². The normalized spacial score (nSPS) is 48.0. The minimum absolute atomic E-state index is 0.0232. The lowest BCUT2D eigenvalue weighted by molar-refractivity contribution is -0.155. The predicted octanol–water partition coefficient (Wildman–Crippen LogP) is 8.93. The highest BCUT2D eigenvalue weighted by molar-refractivity contribution is 9.12. The lowest BCUT2D eigenvalue weighted by atomic mass is 9.44. The molecule has 0 aromatic rings. The summed E-state index contributed by atoms with van der Waals surface area (Å²) < 4.78 is 5.74. The molecule has 4 fully saturated rings. The van der Waals surface area contributed by atoms with Gasteiger partial charge in [0.25, 0.3) is 0 Å². The van der Waals surface area contributed by atoms with Gasteiger partial charge in [-0.05, 0) is 91.3 Å². The molecule has 0 amide bonds. The summed E-state index contributed by atoms with van der Waals surface area (Å²) in [6, 6.07) is 0. The van der Waals surface area contributed by atoms with Crippen LogP contribution < -0.4 is 0 Å². The van der Waals surface area contributed by atoms with Crippen molar-refractivity contribution in [2.24, 2.45) is 46.3 Å². The molecule has 0 saturated heterocycles. The molecule has 4 aliphatic carbocycles. The third-order valence-corrected chi connectivity index (χ3v) is 14.8. The number of fused-ring (bicyclic) bond motifs is 5. The van der Waals surface area contributed by atoms with Crippen molar-refractivity contribution in [3.63, 3.8) is 0 Å². The van der Waals surface area contributed by atoms with Gasteiger partial charge in [0.15, 0.2) is 0 Å². The van der Waals surface area contributed by atoms with Gasteiger partial charge in [0.1, 0.15) is 6.10 Å². The second-order valence-corrected chi connectivity index (χ2v) is 15.9. The van der Waals surface area contributed by atoms with Crippen LogP contribution in [0.4, 0.5) is 0 Å². The molecule has 0 aliphatic heterocycles. The zero-order valence-corrected chi connectivity index (χ0v) is 25.1. The van der Waals surface area contributed by atoms with E-state index in [1.807, 2.05) is 0 Å². The number of rotatable bonds is 6. The van der Waals surface area contributed by atoms with Crippen LogP contribution in [0.25, 0.3) is 0 Å².